The fourth-order valence-electron chi connectivity index (χ4n) is 2.53. The third kappa shape index (κ3) is 3.76. The van der Waals surface area contributed by atoms with Gasteiger partial charge in [-0.1, -0.05) is 56.1 Å². The first-order chi connectivity index (χ1) is 11.5. The van der Waals surface area contributed by atoms with Crippen molar-refractivity contribution >= 4 is 55.0 Å². The standard InChI is InChI=1S/C18H14Br2N2O2/c1-10-15(17(23)21-13-6-2-4-11(19)8-13)16(10)18(24)22-14-7-3-5-12(20)9-14/h2-9,15-16H,1H2,(H,21,23)(H,22,24)/t15-,16?/m0/s1. The van der Waals surface area contributed by atoms with E-state index in [4.69, 9.17) is 0 Å². The van der Waals surface area contributed by atoms with Gasteiger partial charge in [-0.2, -0.15) is 0 Å². The van der Waals surface area contributed by atoms with Gasteiger partial charge in [-0.3, -0.25) is 9.59 Å². The van der Waals surface area contributed by atoms with Gasteiger partial charge in [-0.15, -0.1) is 0 Å². The van der Waals surface area contributed by atoms with Crippen LogP contribution in [-0.4, -0.2) is 11.8 Å². The molecule has 2 aromatic rings. The zero-order valence-corrected chi connectivity index (χ0v) is 15.7. The number of carbonyl (C=O) groups excluding carboxylic acids is 2. The second kappa shape index (κ2) is 6.91. The second-order valence-electron chi connectivity index (χ2n) is 5.53. The lowest BCUT2D eigenvalue weighted by Crippen LogP contribution is -2.20. The van der Waals surface area contributed by atoms with Crippen LogP contribution in [0.1, 0.15) is 0 Å². The number of carbonyl (C=O) groups is 2. The summed E-state index contributed by atoms with van der Waals surface area (Å²) in [6, 6.07) is 14.6. The Morgan fingerprint density at radius 1 is 0.833 bits per heavy atom. The fourth-order valence-corrected chi connectivity index (χ4v) is 3.33. The average molecular weight is 450 g/mol. The van der Waals surface area contributed by atoms with Crippen molar-refractivity contribution in [3.8, 4) is 0 Å². The maximum Gasteiger partial charge on any atom is 0.232 e. The van der Waals surface area contributed by atoms with E-state index in [0.717, 1.165) is 8.95 Å². The molecule has 0 aliphatic heterocycles. The molecule has 3 rings (SSSR count). The Kier molecular flexibility index (Phi) is 4.87. The van der Waals surface area contributed by atoms with Gasteiger partial charge >= 0.3 is 0 Å². The SMILES string of the molecule is C=C1C(C(=O)Nc2cccc(Br)c2)[C@H]1C(=O)Nc1cccc(Br)c1. The van der Waals surface area contributed by atoms with Gasteiger partial charge in [0.2, 0.25) is 11.8 Å². The molecule has 0 heterocycles. The van der Waals surface area contributed by atoms with Gasteiger partial charge in [0.25, 0.3) is 0 Å². The normalized spacial score (nSPS) is 18.8. The van der Waals surface area contributed by atoms with Crippen LogP contribution in [0, 0.1) is 11.8 Å². The first kappa shape index (κ1) is 16.9. The first-order valence-electron chi connectivity index (χ1n) is 7.27. The highest BCUT2D eigenvalue weighted by Gasteiger charge is 2.52. The molecule has 1 unspecified atom stereocenters. The number of nitrogens with one attached hydrogen (secondary N) is 2. The molecule has 2 amide bonds. The predicted molar refractivity (Wildman–Crippen MR) is 102 cm³/mol. The molecule has 2 atom stereocenters. The molecule has 0 bridgehead atoms. The summed E-state index contributed by atoms with van der Waals surface area (Å²) in [5.41, 5.74) is 2.00. The van der Waals surface area contributed by atoms with Crippen LogP contribution in [0.2, 0.25) is 0 Å². The lowest BCUT2D eigenvalue weighted by molar-refractivity contribution is -0.122. The largest absolute Gasteiger partial charge is 0.326 e. The minimum absolute atomic E-state index is 0.215. The maximum absolute atomic E-state index is 12.3. The molecule has 0 saturated heterocycles. The van der Waals surface area contributed by atoms with Crippen LogP contribution in [0.25, 0.3) is 0 Å². The van der Waals surface area contributed by atoms with Gasteiger partial charge in [0, 0.05) is 20.3 Å². The van der Waals surface area contributed by atoms with Crippen molar-refractivity contribution in [1.29, 1.82) is 0 Å². The summed E-state index contributed by atoms with van der Waals surface area (Å²) in [5, 5.41) is 5.63. The molecule has 24 heavy (non-hydrogen) atoms. The number of benzene rings is 2. The monoisotopic (exact) mass is 448 g/mol. The van der Waals surface area contributed by atoms with Crippen molar-refractivity contribution in [1.82, 2.24) is 0 Å². The highest BCUT2D eigenvalue weighted by molar-refractivity contribution is 9.10. The van der Waals surface area contributed by atoms with Crippen LogP contribution in [-0.2, 0) is 9.59 Å². The second-order valence-corrected chi connectivity index (χ2v) is 7.36. The lowest BCUT2D eigenvalue weighted by Gasteiger charge is -2.06. The number of hydrogen-bond acceptors (Lipinski definition) is 2. The van der Waals surface area contributed by atoms with E-state index < -0.39 is 11.8 Å². The first-order valence-corrected chi connectivity index (χ1v) is 8.86. The maximum atomic E-state index is 12.3. The van der Waals surface area contributed by atoms with E-state index in [1.54, 1.807) is 24.3 Å². The van der Waals surface area contributed by atoms with E-state index in [-0.39, 0.29) is 11.8 Å². The molecule has 2 aromatic carbocycles. The van der Waals surface area contributed by atoms with Crippen LogP contribution in [0.3, 0.4) is 0 Å². The number of amides is 2. The van der Waals surface area contributed by atoms with Crippen LogP contribution < -0.4 is 10.6 Å². The summed E-state index contributed by atoms with van der Waals surface area (Å²) >= 11 is 6.72. The van der Waals surface area contributed by atoms with Crippen molar-refractivity contribution < 1.29 is 9.59 Å². The summed E-state index contributed by atoms with van der Waals surface area (Å²) < 4.78 is 1.75. The van der Waals surface area contributed by atoms with Gasteiger partial charge in [0.15, 0.2) is 0 Å². The van der Waals surface area contributed by atoms with Crippen LogP contribution in [0.5, 0.6) is 0 Å². The summed E-state index contributed by atoms with van der Waals surface area (Å²) in [6.07, 6.45) is 0. The molecular weight excluding hydrogens is 436 g/mol. The molecule has 0 spiro atoms. The highest BCUT2D eigenvalue weighted by atomic mass is 79.9. The average Bonchev–Trinajstić information content (AvgIpc) is 3.19. The van der Waals surface area contributed by atoms with Crippen molar-refractivity contribution in [2.24, 2.45) is 11.8 Å². The number of halogens is 2. The minimum atomic E-state index is -0.490. The van der Waals surface area contributed by atoms with Crippen LogP contribution >= 0.6 is 31.9 Å². The zero-order valence-electron chi connectivity index (χ0n) is 12.6. The van der Waals surface area contributed by atoms with E-state index in [2.05, 4.69) is 49.1 Å². The lowest BCUT2D eigenvalue weighted by atomic mass is 10.2. The Morgan fingerprint density at radius 3 is 1.62 bits per heavy atom. The van der Waals surface area contributed by atoms with Crippen LogP contribution in [0.15, 0.2) is 69.6 Å². The predicted octanol–water partition coefficient (Wildman–Crippen LogP) is 4.59. The molecule has 1 fully saturated rings. The van der Waals surface area contributed by atoms with Crippen molar-refractivity contribution in [2.45, 2.75) is 0 Å². The molecule has 6 heteroatoms. The zero-order chi connectivity index (χ0) is 17.3. The molecule has 0 aromatic heterocycles. The van der Waals surface area contributed by atoms with Crippen molar-refractivity contribution in [3.63, 3.8) is 0 Å². The van der Waals surface area contributed by atoms with E-state index in [1.165, 1.54) is 0 Å². The van der Waals surface area contributed by atoms with E-state index >= 15 is 0 Å². The quantitative estimate of drug-likeness (QED) is 0.670. The van der Waals surface area contributed by atoms with Gasteiger partial charge < -0.3 is 10.6 Å². The molecule has 0 radical (unpaired) electrons. The summed E-state index contributed by atoms with van der Waals surface area (Å²) in [5.74, 6) is -1.41. The van der Waals surface area contributed by atoms with Gasteiger partial charge in [-0.25, -0.2) is 0 Å². The number of rotatable bonds is 4. The van der Waals surface area contributed by atoms with Gasteiger partial charge in [0.1, 0.15) is 0 Å². The molecule has 122 valence electrons. The molecule has 1 saturated carbocycles. The Labute approximate surface area is 156 Å². The molecule has 2 N–H and O–H groups in total. The van der Waals surface area contributed by atoms with Crippen molar-refractivity contribution in [3.05, 3.63) is 69.6 Å². The Bertz CT molecular complexity index is 768. The Morgan fingerprint density at radius 2 is 1.25 bits per heavy atom. The smallest absolute Gasteiger partial charge is 0.232 e. The Balaban J connectivity index is 1.63. The number of anilines is 2. The summed E-state index contributed by atoms with van der Waals surface area (Å²) in [6.45, 7) is 3.85. The molecule has 4 nitrogen and oxygen atoms in total. The van der Waals surface area contributed by atoms with Gasteiger partial charge in [0.05, 0.1) is 11.8 Å². The van der Waals surface area contributed by atoms with E-state index in [0.29, 0.717) is 16.9 Å². The minimum Gasteiger partial charge on any atom is -0.326 e. The Hall–Kier alpha value is -1.92. The highest BCUT2D eigenvalue weighted by Crippen LogP contribution is 2.45. The summed E-state index contributed by atoms with van der Waals surface area (Å²) in [4.78, 5) is 24.7. The fraction of sp³-hybridized carbons (Fsp3) is 0.111. The number of hydrogen-bond donors (Lipinski definition) is 2. The van der Waals surface area contributed by atoms with E-state index in [9.17, 15) is 9.59 Å². The molecule has 1 aliphatic rings. The molecule has 1 aliphatic carbocycles. The third-order valence-electron chi connectivity index (χ3n) is 3.77. The van der Waals surface area contributed by atoms with Crippen LogP contribution in [0.4, 0.5) is 11.4 Å². The summed E-state index contributed by atoms with van der Waals surface area (Å²) in [7, 11) is 0. The third-order valence-corrected chi connectivity index (χ3v) is 4.76. The van der Waals surface area contributed by atoms with Gasteiger partial charge in [-0.05, 0) is 36.4 Å². The van der Waals surface area contributed by atoms with Crippen molar-refractivity contribution in [2.75, 3.05) is 10.6 Å². The van der Waals surface area contributed by atoms with E-state index in [1.807, 2.05) is 24.3 Å². The molecular formula is C18H14Br2N2O2. The topological polar surface area (TPSA) is 58.2 Å².